The van der Waals surface area contributed by atoms with Gasteiger partial charge in [-0.1, -0.05) is 140 Å². The number of carbonyl (C=O) groups is 2. The van der Waals surface area contributed by atoms with Crippen molar-refractivity contribution in [2.24, 2.45) is 0 Å². The first-order valence-electron chi connectivity index (χ1n) is 22.4. The number of phosphoric acid groups is 1. The van der Waals surface area contributed by atoms with Gasteiger partial charge in [-0.3, -0.25) is 18.6 Å². The lowest BCUT2D eigenvalue weighted by atomic mass is 10.1. The largest absolute Gasteiger partial charge is 0.472 e. The van der Waals surface area contributed by atoms with Crippen molar-refractivity contribution in [2.75, 3.05) is 47.5 Å². The van der Waals surface area contributed by atoms with Crippen LogP contribution < -0.4 is 0 Å². The minimum absolute atomic E-state index is 0.0242. The zero-order valence-electron chi connectivity index (χ0n) is 36.6. The molecule has 56 heavy (non-hydrogen) atoms. The van der Waals surface area contributed by atoms with Crippen LogP contribution in [0, 0.1) is 0 Å². The predicted molar refractivity (Wildman–Crippen MR) is 233 cm³/mol. The predicted octanol–water partition coefficient (Wildman–Crippen LogP) is 12.7. The second-order valence-corrected chi connectivity index (χ2v) is 17.5. The smallest absolute Gasteiger partial charge is 0.462 e. The molecule has 0 heterocycles. The Hall–Kier alpha value is -2.03. The van der Waals surface area contributed by atoms with Crippen LogP contribution in [0.25, 0.3) is 0 Å². The molecule has 0 aromatic heterocycles. The molecular formula is C46H85NO8P+. The summed E-state index contributed by atoms with van der Waals surface area (Å²) in [5.41, 5.74) is 0. The maximum Gasteiger partial charge on any atom is 0.472 e. The average molecular weight is 811 g/mol. The summed E-state index contributed by atoms with van der Waals surface area (Å²) in [6, 6.07) is 0. The number of unbranched alkanes of at least 4 members (excludes halogenated alkanes) is 18. The van der Waals surface area contributed by atoms with E-state index in [-0.39, 0.29) is 26.1 Å². The van der Waals surface area contributed by atoms with Crippen LogP contribution in [0.2, 0.25) is 0 Å². The first-order valence-corrected chi connectivity index (χ1v) is 23.9. The van der Waals surface area contributed by atoms with Crippen LogP contribution in [0.3, 0.4) is 0 Å². The molecule has 0 spiro atoms. The summed E-state index contributed by atoms with van der Waals surface area (Å²) in [6.07, 6.45) is 44.4. The number of nitrogens with zero attached hydrogens (tertiary/aromatic N) is 1. The van der Waals surface area contributed by atoms with Gasteiger partial charge in [0.2, 0.25) is 0 Å². The molecule has 0 radical (unpaired) electrons. The fraction of sp³-hybridized carbons (Fsp3) is 0.783. The van der Waals surface area contributed by atoms with Crippen LogP contribution in [0.15, 0.2) is 48.6 Å². The lowest BCUT2D eigenvalue weighted by Crippen LogP contribution is -2.37. The quantitative estimate of drug-likeness (QED) is 0.0214. The van der Waals surface area contributed by atoms with Gasteiger partial charge in [-0.25, -0.2) is 4.57 Å². The minimum Gasteiger partial charge on any atom is -0.462 e. The van der Waals surface area contributed by atoms with Crippen molar-refractivity contribution in [3.8, 4) is 0 Å². The number of likely N-dealkylation sites (N-methyl/N-ethyl adjacent to an activating group) is 1. The van der Waals surface area contributed by atoms with Gasteiger partial charge in [0.25, 0.3) is 0 Å². The molecule has 0 amide bonds. The molecule has 0 aromatic rings. The van der Waals surface area contributed by atoms with E-state index in [9.17, 15) is 19.0 Å². The summed E-state index contributed by atoms with van der Waals surface area (Å²) in [5.74, 6) is -0.846. The maximum atomic E-state index is 12.7. The van der Waals surface area contributed by atoms with E-state index < -0.39 is 32.5 Å². The molecule has 0 fully saturated rings. The molecule has 0 aromatic carbocycles. The second-order valence-electron chi connectivity index (χ2n) is 16.1. The Kier molecular flexibility index (Phi) is 37.1. The van der Waals surface area contributed by atoms with E-state index in [2.05, 4.69) is 62.5 Å². The van der Waals surface area contributed by atoms with Crippen molar-refractivity contribution in [3.63, 3.8) is 0 Å². The highest BCUT2D eigenvalue weighted by Gasteiger charge is 2.27. The molecule has 326 valence electrons. The number of phosphoric ester groups is 1. The molecule has 0 aliphatic carbocycles. The molecule has 0 rings (SSSR count). The molecule has 10 heteroatoms. The highest BCUT2D eigenvalue weighted by atomic mass is 31.2. The molecule has 0 bridgehead atoms. The van der Waals surface area contributed by atoms with Gasteiger partial charge >= 0.3 is 19.8 Å². The van der Waals surface area contributed by atoms with Crippen LogP contribution >= 0.6 is 7.82 Å². The van der Waals surface area contributed by atoms with Gasteiger partial charge in [0, 0.05) is 12.8 Å². The van der Waals surface area contributed by atoms with Crippen LogP contribution in [0.1, 0.15) is 181 Å². The summed E-state index contributed by atoms with van der Waals surface area (Å²) in [6.45, 7) is 4.33. The summed E-state index contributed by atoms with van der Waals surface area (Å²) < 4.78 is 34.3. The zero-order chi connectivity index (χ0) is 41.4. The Morgan fingerprint density at radius 2 is 0.964 bits per heavy atom. The van der Waals surface area contributed by atoms with Crippen LogP contribution in [0.5, 0.6) is 0 Å². The van der Waals surface area contributed by atoms with Gasteiger partial charge in [0.05, 0.1) is 27.7 Å². The second kappa shape index (κ2) is 38.5. The molecule has 0 aliphatic heterocycles. The highest BCUT2D eigenvalue weighted by Crippen LogP contribution is 2.43. The van der Waals surface area contributed by atoms with E-state index in [1.54, 1.807) is 0 Å². The third-order valence-corrected chi connectivity index (χ3v) is 10.3. The molecular weight excluding hydrogens is 725 g/mol. The number of quaternary nitrogens is 1. The lowest BCUT2D eigenvalue weighted by molar-refractivity contribution is -0.870. The fourth-order valence-electron chi connectivity index (χ4n) is 5.78. The van der Waals surface area contributed by atoms with Gasteiger partial charge in [0.1, 0.15) is 19.8 Å². The normalized spacial score (nSPS) is 14.0. The maximum absolute atomic E-state index is 12.7. The van der Waals surface area contributed by atoms with Gasteiger partial charge in [-0.05, 0) is 77.0 Å². The third kappa shape index (κ3) is 41.6. The van der Waals surface area contributed by atoms with E-state index >= 15 is 0 Å². The molecule has 1 N–H and O–H groups in total. The van der Waals surface area contributed by atoms with Crippen molar-refractivity contribution in [2.45, 2.75) is 187 Å². The Morgan fingerprint density at radius 3 is 1.52 bits per heavy atom. The van der Waals surface area contributed by atoms with Gasteiger partial charge in [-0.15, -0.1) is 0 Å². The molecule has 0 saturated heterocycles. The number of esters is 2. The molecule has 1 unspecified atom stereocenters. The van der Waals surface area contributed by atoms with Crippen molar-refractivity contribution in [1.29, 1.82) is 0 Å². The summed E-state index contributed by atoms with van der Waals surface area (Å²) >= 11 is 0. The Balaban J connectivity index is 4.41. The highest BCUT2D eigenvalue weighted by molar-refractivity contribution is 7.47. The van der Waals surface area contributed by atoms with Crippen LogP contribution in [-0.4, -0.2) is 74.9 Å². The molecule has 0 aliphatic rings. The lowest BCUT2D eigenvalue weighted by Gasteiger charge is -2.24. The number of hydrogen-bond acceptors (Lipinski definition) is 7. The minimum atomic E-state index is -4.38. The summed E-state index contributed by atoms with van der Waals surface area (Å²) in [5, 5.41) is 0. The van der Waals surface area contributed by atoms with E-state index in [1.165, 1.54) is 89.9 Å². The number of ether oxygens (including phenoxy) is 2. The Morgan fingerprint density at radius 1 is 0.554 bits per heavy atom. The summed E-state index contributed by atoms with van der Waals surface area (Å²) in [7, 11) is 1.45. The number of hydrogen-bond donors (Lipinski definition) is 1. The molecule has 2 atom stereocenters. The SMILES string of the molecule is CCCCC/C=C/C/C=C/C/C=C/CCCCC(=O)OC[C@H](COP(=O)(O)OCC[N+](C)(C)C)OC(=O)CCCCCCCCCCC/C=C/CCCCCC. The van der Waals surface area contributed by atoms with E-state index in [0.29, 0.717) is 23.9 Å². The third-order valence-electron chi connectivity index (χ3n) is 9.33. The average Bonchev–Trinajstić information content (AvgIpc) is 3.15. The monoisotopic (exact) mass is 811 g/mol. The van der Waals surface area contributed by atoms with Crippen LogP contribution in [-0.2, 0) is 32.7 Å². The first-order chi connectivity index (χ1) is 27.0. The Bertz CT molecular complexity index is 1100. The van der Waals surface area contributed by atoms with Crippen molar-refractivity contribution in [3.05, 3.63) is 48.6 Å². The zero-order valence-corrected chi connectivity index (χ0v) is 37.5. The first kappa shape index (κ1) is 54.0. The fourth-order valence-corrected chi connectivity index (χ4v) is 6.52. The number of rotatable bonds is 40. The van der Waals surface area contributed by atoms with Gasteiger partial charge < -0.3 is 18.9 Å². The Labute approximate surface area is 343 Å². The van der Waals surface area contributed by atoms with E-state index in [1.807, 2.05) is 21.1 Å². The van der Waals surface area contributed by atoms with Crippen molar-refractivity contribution in [1.82, 2.24) is 0 Å². The number of allylic oxidation sites excluding steroid dienone is 8. The number of carbonyl (C=O) groups excluding carboxylic acids is 2. The van der Waals surface area contributed by atoms with E-state index in [4.69, 9.17) is 18.5 Å². The van der Waals surface area contributed by atoms with Crippen molar-refractivity contribution >= 4 is 19.8 Å². The standard InChI is InChI=1S/C46H84NO8P/c1-6-8-10-12-14-16-18-20-22-23-25-27-29-31-33-35-37-39-46(49)55-44(43-54-56(50,51)53-41-40-47(3,4)5)42-52-45(48)38-36-34-32-30-28-26-24-21-19-17-15-13-11-9-7-2/h15-18,21,24,28,30,44H,6-14,19-20,22-23,25-27,29,31-43H2,1-5H3/p+1/b17-15+,18-16+,24-21+,30-28+/t44-/m1/s1. The topological polar surface area (TPSA) is 108 Å². The van der Waals surface area contributed by atoms with E-state index in [0.717, 1.165) is 51.4 Å². The van der Waals surface area contributed by atoms with Gasteiger partial charge in [0.15, 0.2) is 6.10 Å². The van der Waals surface area contributed by atoms with Crippen LogP contribution in [0.4, 0.5) is 0 Å². The summed E-state index contributed by atoms with van der Waals surface area (Å²) in [4.78, 5) is 35.4. The van der Waals surface area contributed by atoms with Gasteiger partial charge in [-0.2, -0.15) is 0 Å². The van der Waals surface area contributed by atoms with Crippen molar-refractivity contribution < 1.29 is 42.1 Å². The molecule has 0 saturated carbocycles. The molecule has 9 nitrogen and oxygen atoms in total.